The van der Waals surface area contributed by atoms with E-state index in [-0.39, 0.29) is 5.76 Å². The van der Waals surface area contributed by atoms with E-state index in [0.29, 0.717) is 5.69 Å². The van der Waals surface area contributed by atoms with Crippen molar-refractivity contribution in [2.45, 2.75) is 0 Å². The summed E-state index contributed by atoms with van der Waals surface area (Å²) >= 11 is 0. The van der Waals surface area contributed by atoms with Crippen LogP contribution in [-0.4, -0.2) is 26.2 Å². The number of carboxylic acid groups (broad SMARTS) is 1. The molecule has 2 aromatic heterocycles. The van der Waals surface area contributed by atoms with Crippen LogP contribution in [0.4, 0.5) is 0 Å². The van der Waals surface area contributed by atoms with Gasteiger partial charge in [0.15, 0.2) is 0 Å². The first kappa shape index (κ1) is 10.4. The largest absolute Gasteiger partial charge is 0.475 e. The summed E-state index contributed by atoms with van der Waals surface area (Å²) in [5, 5.41) is 12.5. The molecule has 0 spiro atoms. The zero-order valence-electron chi connectivity index (χ0n) is 9.07. The summed E-state index contributed by atoms with van der Waals surface area (Å²) in [6, 6.07) is 6.75. The Bertz CT molecular complexity index is 736. The Morgan fingerprint density at radius 3 is 2.61 bits per heavy atom. The fourth-order valence-corrected chi connectivity index (χ4v) is 1.63. The molecule has 1 aromatic carbocycles. The molecule has 0 unspecified atom stereocenters. The van der Waals surface area contributed by atoms with Gasteiger partial charge in [-0.25, -0.2) is 4.79 Å². The van der Waals surface area contributed by atoms with Crippen LogP contribution in [0.25, 0.3) is 22.3 Å². The Balaban J connectivity index is 2.10. The molecule has 0 saturated heterocycles. The third-order valence-corrected chi connectivity index (χ3v) is 2.49. The monoisotopic (exact) mass is 241 g/mol. The number of nitrogens with zero attached hydrogens (tertiary/aromatic N) is 3. The van der Waals surface area contributed by atoms with Gasteiger partial charge >= 0.3 is 5.97 Å². The molecular weight excluding hydrogens is 234 g/mol. The molecule has 3 rings (SSSR count). The number of rotatable bonds is 2. The predicted octanol–water partition coefficient (Wildman–Crippen LogP) is 1.98. The zero-order chi connectivity index (χ0) is 12.5. The molecule has 0 aliphatic rings. The van der Waals surface area contributed by atoms with Gasteiger partial charge in [-0.3, -0.25) is 9.97 Å². The van der Waals surface area contributed by atoms with Crippen molar-refractivity contribution in [2.75, 3.05) is 0 Å². The van der Waals surface area contributed by atoms with E-state index in [0.717, 1.165) is 16.6 Å². The minimum atomic E-state index is -1.14. The smallest absolute Gasteiger partial charge is 0.374 e. The lowest BCUT2D eigenvalue weighted by Gasteiger charge is -1.98. The van der Waals surface area contributed by atoms with E-state index in [1.165, 1.54) is 6.07 Å². The highest BCUT2D eigenvalue weighted by Crippen LogP contribution is 2.22. The molecule has 0 aliphatic carbocycles. The maximum atomic E-state index is 10.7. The summed E-state index contributed by atoms with van der Waals surface area (Å²) in [5.74, 6) is -1.33. The number of aromatic carboxylic acids is 1. The quantitative estimate of drug-likeness (QED) is 0.737. The number of hydrogen-bond donors (Lipinski definition) is 1. The van der Waals surface area contributed by atoms with Crippen molar-refractivity contribution in [3.05, 3.63) is 42.4 Å². The molecule has 0 saturated carbocycles. The maximum absolute atomic E-state index is 10.7. The Morgan fingerprint density at radius 1 is 1.11 bits per heavy atom. The van der Waals surface area contributed by atoms with Crippen LogP contribution >= 0.6 is 0 Å². The van der Waals surface area contributed by atoms with E-state index < -0.39 is 5.97 Å². The third kappa shape index (κ3) is 1.69. The molecule has 0 atom stereocenters. The Morgan fingerprint density at radius 2 is 1.89 bits per heavy atom. The summed E-state index contributed by atoms with van der Waals surface area (Å²) in [4.78, 5) is 19.0. The minimum absolute atomic E-state index is 0.191. The van der Waals surface area contributed by atoms with E-state index in [4.69, 9.17) is 9.63 Å². The van der Waals surface area contributed by atoms with Crippen molar-refractivity contribution < 1.29 is 14.4 Å². The molecule has 0 aliphatic heterocycles. The van der Waals surface area contributed by atoms with Gasteiger partial charge in [0, 0.05) is 24.0 Å². The van der Waals surface area contributed by atoms with E-state index in [2.05, 4.69) is 15.1 Å². The van der Waals surface area contributed by atoms with Crippen LogP contribution in [0.1, 0.15) is 10.6 Å². The summed E-state index contributed by atoms with van der Waals surface area (Å²) in [5.41, 5.74) is 2.68. The van der Waals surface area contributed by atoms with Gasteiger partial charge in [0.1, 0.15) is 5.69 Å². The van der Waals surface area contributed by atoms with Gasteiger partial charge in [0.25, 0.3) is 0 Å². The number of benzene rings is 1. The summed E-state index contributed by atoms with van der Waals surface area (Å²) in [7, 11) is 0. The molecule has 18 heavy (non-hydrogen) atoms. The average molecular weight is 241 g/mol. The fourth-order valence-electron chi connectivity index (χ4n) is 1.63. The van der Waals surface area contributed by atoms with Crippen LogP contribution in [-0.2, 0) is 0 Å². The molecule has 6 nitrogen and oxygen atoms in total. The zero-order valence-corrected chi connectivity index (χ0v) is 9.07. The van der Waals surface area contributed by atoms with Gasteiger partial charge in [0.05, 0.1) is 11.0 Å². The molecule has 0 bridgehead atoms. The molecule has 6 heteroatoms. The number of carbonyl (C=O) groups is 1. The molecule has 1 N–H and O–H groups in total. The Hall–Kier alpha value is -2.76. The maximum Gasteiger partial charge on any atom is 0.374 e. The molecule has 2 heterocycles. The molecular formula is C12H7N3O3. The standard InChI is InChI=1S/C12H7N3O3/c16-12(17)11-6-9(15-18-11)7-1-2-8-10(5-7)14-4-3-13-8/h1-6H,(H,16,17). The number of carboxylic acids is 1. The first-order valence-electron chi connectivity index (χ1n) is 5.15. The molecule has 0 amide bonds. The minimum Gasteiger partial charge on any atom is -0.475 e. The normalized spacial score (nSPS) is 10.7. The van der Waals surface area contributed by atoms with Crippen LogP contribution < -0.4 is 0 Å². The molecule has 88 valence electrons. The van der Waals surface area contributed by atoms with Gasteiger partial charge in [-0.2, -0.15) is 0 Å². The van der Waals surface area contributed by atoms with E-state index in [1.54, 1.807) is 30.6 Å². The third-order valence-electron chi connectivity index (χ3n) is 2.49. The predicted molar refractivity (Wildman–Crippen MR) is 62.0 cm³/mol. The summed E-state index contributed by atoms with van der Waals surface area (Å²) in [6.45, 7) is 0. The van der Waals surface area contributed by atoms with E-state index in [1.807, 2.05) is 0 Å². The highest BCUT2D eigenvalue weighted by Gasteiger charge is 2.12. The lowest BCUT2D eigenvalue weighted by molar-refractivity contribution is 0.0652. The van der Waals surface area contributed by atoms with Crippen molar-refractivity contribution in [3.8, 4) is 11.3 Å². The number of aromatic nitrogens is 3. The van der Waals surface area contributed by atoms with Crippen LogP contribution in [0.2, 0.25) is 0 Å². The first-order valence-corrected chi connectivity index (χ1v) is 5.15. The fraction of sp³-hybridized carbons (Fsp3) is 0. The number of fused-ring (bicyclic) bond motifs is 1. The second kappa shape index (κ2) is 3.92. The van der Waals surface area contributed by atoms with Gasteiger partial charge in [-0.1, -0.05) is 11.2 Å². The van der Waals surface area contributed by atoms with Gasteiger partial charge in [-0.15, -0.1) is 0 Å². The van der Waals surface area contributed by atoms with Crippen molar-refractivity contribution in [3.63, 3.8) is 0 Å². The van der Waals surface area contributed by atoms with Crippen LogP contribution in [0.15, 0.2) is 41.2 Å². The van der Waals surface area contributed by atoms with Gasteiger partial charge < -0.3 is 9.63 Å². The second-order valence-electron chi connectivity index (χ2n) is 3.64. The van der Waals surface area contributed by atoms with Crippen LogP contribution in [0.5, 0.6) is 0 Å². The Labute approximate surface area is 101 Å². The SMILES string of the molecule is O=C(O)c1cc(-c2ccc3nccnc3c2)no1. The van der Waals surface area contributed by atoms with E-state index in [9.17, 15) is 4.79 Å². The van der Waals surface area contributed by atoms with Crippen LogP contribution in [0.3, 0.4) is 0 Å². The van der Waals surface area contributed by atoms with E-state index >= 15 is 0 Å². The van der Waals surface area contributed by atoms with Gasteiger partial charge in [0.2, 0.25) is 5.76 Å². The lowest BCUT2D eigenvalue weighted by Crippen LogP contribution is -1.91. The highest BCUT2D eigenvalue weighted by molar-refractivity contribution is 5.86. The van der Waals surface area contributed by atoms with Crippen molar-refractivity contribution >= 4 is 17.0 Å². The van der Waals surface area contributed by atoms with Crippen LogP contribution in [0, 0.1) is 0 Å². The van der Waals surface area contributed by atoms with Crippen molar-refractivity contribution in [2.24, 2.45) is 0 Å². The average Bonchev–Trinajstić information content (AvgIpc) is 2.88. The molecule has 3 aromatic rings. The summed E-state index contributed by atoms with van der Waals surface area (Å²) in [6.07, 6.45) is 3.21. The van der Waals surface area contributed by atoms with Crippen molar-refractivity contribution in [1.29, 1.82) is 0 Å². The topological polar surface area (TPSA) is 89.1 Å². The number of hydrogen-bond acceptors (Lipinski definition) is 5. The molecule has 0 radical (unpaired) electrons. The lowest BCUT2D eigenvalue weighted by atomic mass is 10.1. The second-order valence-corrected chi connectivity index (χ2v) is 3.64. The van der Waals surface area contributed by atoms with Gasteiger partial charge in [-0.05, 0) is 12.1 Å². The van der Waals surface area contributed by atoms with Crippen molar-refractivity contribution in [1.82, 2.24) is 15.1 Å². The summed E-state index contributed by atoms with van der Waals surface area (Å²) < 4.78 is 4.71. The highest BCUT2D eigenvalue weighted by atomic mass is 16.5. The molecule has 0 fully saturated rings. The first-order chi connectivity index (χ1) is 8.74. The Kier molecular flexibility index (Phi) is 2.26.